The van der Waals surface area contributed by atoms with Gasteiger partial charge >= 0.3 is 0 Å². The normalized spacial score (nSPS) is 13.5. The minimum atomic E-state index is 0.170. The molecule has 1 atom stereocenters. The second kappa shape index (κ2) is 5.32. The average molecular weight is 200 g/mol. The van der Waals surface area contributed by atoms with Gasteiger partial charge in [0, 0.05) is 24.2 Å². The highest BCUT2D eigenvalue weighted by molar-refractivity contribution is 7.09. The van der Waals surface area contributed by atoms with E-state index in [1.807, 2.05) is 5.38 Å². The zero-order valence-electron chi connectivity index (χ0n) is 8.03. The molecular formula is C9H16N2OS. The molecule has 4 heteroatoms. The molecule has 0 fully saturated rings. The molecule has 0 aliphatic heterocycles. The van der Waals surface area contributed by atoms with Gasteiger partial charge in [-0.1, -0.05) is 13.8 Å². The molecule has 1 aromatic heterocycles. The second-order valence-corrected chi connectivity index (χ2v) is 4.32. The summed E-state index contributed by atoms with van der Waals surface area (Å²) in [6.07, 6.45) is 1.80. The van der Waals surface area contributed by atoms with Crippen molar-refractivity contribution in [2.75, 3.05) is 6.61 Å². The Kier molecular flexibility index (Phi) is 4.35. The first-order valence-corrected chi connectivity index (χ1v) is 5.34. The molecule has 13 heavy (non-hydrogen) atoms. The van der Waals surface area contributed by atoms with Crippen molar-refractivity contribution in [2.24, 2.45) is 5.92 Å². The van der Waals surface area contributed by atoms with Crippen molar-refractivity contribution in [3.05, 3.63) is 16.6 Å². The minimum Gasteiger partial charge on any atom is -0.395 e. The van der Waals surface area contributed by atoms with Gasteiger partial charge in [0.2, 0.25) is 0 Å². The highest BCUT2D eigenvalue weighted by Crippen LogP contribution is 2.06. The van der Waals surface area contributed by atoms with Crippen molar-refractivity contribution in [3.8, 4) is 0 Å². The Morgan fingerprint density at radius 3 is 2.85 bits per heavy atom. The van der Waals surface area contributed by atoms with E-state index in [0.29, 0.717) is 5.92 Å². The van der Waals surface area contributed by atoms with Crippen molar-refractivity contribution < 1.29 is 5.11 Å². The first kappa shape index (κ1) is 10.6. The van der Waals surface area contributed by atoms with Gasteiger partial charge in [-0.2, -0.15) is 0 Å². The van der Waals surface area contributed by atoms with Crippen LogP contribution < -0.4 is 5.32 Å². The predicted molar refractivity (Wildman–Crippen MR) is 54.7 cm³/mol. The monoisotopic (exact) mass is 200 g/mol. The molecule has 0 aromatic carbocycles. The van der Waals surface area contributed by atoms with Gasteiger partial charge in [-0.05, 0) is 5.92 Å². The van der Waals surface area contributed by atoms with Crippen LogP contribution in [-0.4, -0.2) is 22.7 Å². The van der Waals surface area contributed by atoms with Crippen LogP contribution in [-0.2, 0) is 6.54 Å². The summed E-state index contributed by atoms with van der Waals surface area (Å²) < 4.78 is 0. The van der Waals surface area contributed by atoms with Gasteiger partial charge in [0.1, 0.15) is 5.01 Å². The van der Waals surface area contributed by atoms with Crippen LogP contribution in [0.2, 0.25) is 0 Å². The highest BCUT2D eigenvalue weighted by atomic mass is 32.1. The third-order valence-electron chi connectivity index (χ3n) is 2.00. The Bertz CT molecular complexity index is 224. The Morgan fingerprint density at radius 2 is 2.38 bits per heavy atom. The number of nitrogens with zero attached hydrogens (tertiary/aromatic N) is 1. The Morgan fingerprint density at radius 1 is 1.62 bits per heavy atom. The van der Waals surface area contributed by atoms with E-state index in [0.717, 1.165) is 11.6 Å². The molecule has 1 unspecified atom stereocenters. The van der Waals surface area contributed by atoms with Crippen molar-refractivity contribution in [1.29, 1.82) is 0 Å². The molecule has 0 aliphatic carbocycles. The van der Waals surface area contributed by atoms with Crippen LogP contribution in [0.15, 0.2) is 11.6 Å². The lowest BCUT2D eigenvalue weighted by Crippen LogP contribution is -2.36. The van der Waals surface area contributed by atoms with Gasteiger partial charge in [0.25, 0.3) is 0 Å². The number of hydrogen-bond donors (Lipinski definition) is 2. The maximum atomic E-state index is 9.05. The standard InChI is InChI=1S/C9H16N2OS/c1-7(2)8(6-12)11-5-9-10-3-4-13-9/h3-4,7-8,11-12H,5-6H2,1-2H3. The lowest BCUT2D eigenvalue weighted by molar-refractivity contribution is 0.210. The quantitative estimate of drug-likeness (QED) is 0.752. The number of nitrogens with one attached hydrogen (secondary N) is 1. The predicted octanol–water partition coefficient (Wildman–Crippen LogP) is 1.25. The summed E-state index contributed by atoms with van der Waals surface area (Å²) in [7, 11) is 0. The molecule has 0 aliphatic rings. The van der Waals surface area contributed by atoms with E-state index < -0.39 is 0 Å². The molecule has 1 rings (SSSR count). The van der Waals surface area contributed by atoms with E-state index in [4.69, 9.17) is 5.11 Å². The summed E-state index contributed by atoms with van der Waals surface area (Å²) in [5.74, 6) is 0.449. The van der Waals surface area contributed by atoms with Crippen LogP contribution in [0, 0.1) is 5.92 Å². The zero-order valence-corrected chi connectivity index (χ0v) is 8.84. The lowest BCUT2D eigenvalue weighted by atomic mass is 10.1. The van der Waals surface area contributed by atoms with Crippen LogP contribution in [0.1, 0.15) is 18.9 Å². The number of thiazole rings is 1. The van der Waals surface area contributed by atoms with E-state index in [9.17, 15) is 0 Å². The Hall–Kier alpha value is -0.450. The first-order chi connectivity index (χ1) is 6.24. The molecule has 0 radical (unpaired) electrons. The number of rotatable bonds is 5. The summed E-state index contributed by atoms with van der Waals surface area (Å²) >= 11 is 1.63. The molecule has 2 N–H and O–H groups in total. The number of hydrogen-bond acceptors (Lipinski definition) is 4. The van der Waals surface area contributed by atoms with Gasteiger partial charge in [0.05, 0.1) is 6.61 Å². The SMILES string of the molecule is CC(C)C(CO)NCc1nccs1. The van der Waals surface area contributed by atoms with Crippen molar-refractivity contribution >= 4 is 11.3 Å². The summed E-state index contributed by atoms with van der Waals surface area (Å²) in [5, 5.41) is 15.3. The minimum absolute atomic E-state index is 0.170. The van der Waals surface area contributed by atoms with Crippen LogP contribution >= 0.6 is 11.3 Å². The van der Waals surface area contributed by atoms with Crippen molar-refractivity contribution in [2.45, 2.75) is 26.4 Å². The fourth-order valence-corrected chi connectivity index (χ4v) is 1.64. The maximum Gasteiger partial charge on any atom is 0.106 e. The number of aliphatic hydroxyl groups is 1. The third-order valence-corrected chi connectivity index (χ3v) is 2.78. The van der Waals surface area contributed by atoms with Crippen molar-refractivity contribution in [3.63, 3.8) is 0 Å². The highest BCUT2D eigenvalue weighted by Gasteiger charge is 2.11. The summed E-state index contributed by atoms with van der Waals surface area (Å²) in [5.41, 5.74) is 0. The van der Waals surface area contributed by atoms with Crippen LogP contribution in [0.3, 0.4) is 0 Å². The van der Waals surface area contributed by atoms with Gasteiger partial charge in [-0.25, -0.2) is 4.98 Å². The van der Waals surface area contributed by atoms with E-state index in [1.54, 1.807) is 17.5 Å². The second-order valence-electron chi connectivity index (χ2n) is 3.34. The molecule has 0 saturated carbocycles. The largest absolute Gasteiger partial charge is 0.395 e. The summed E-state index contributed by atoms with van der Waals surface area (Å²) in [6, 6.07) is 0.170. The van der Waals surface area contributed by atoms with Crippen molar-refractivity contribution in [1.82, 2.24) is 10.3 Å². The molecule has 0 bridgehead atoms. The molecule has 74 valence electrons. The molecule has 3 nitrogen and oxygen atoms in total. The molecule has 1 aromatic rings. The van der Waals surface area contributed by atoms with Crippen LogP contribution in [0.25, 0.3) is 0 Å². The van der Waals surface area contributed by atoms with Crippen LogP contribution in [0.4, 0.5) is 0 Å². The topological polar surface area (TPSA) is 45.1 Å². The number of aliphatic hydroxyl groups excluding tert-OH is 1. The van der Waals surface area contributed by atoms with Gasteiger partial charge in [-0.15, -0.1) is 11.3 Å². The molecule has 1 heterocycles. The average Bonchev–Trinajstić information content (AvgIpc) is 2.57. The third kappa shape index (κ3) is 3.42. The fraction of sp³-hybridized carbons (Fsp3) is 0.667. The summed E-state index contributed by atoms with van der Waals surface area (Å²) in [4.78, 5) is 4.16. The van der Waals surface area contributed by atoms with Crippen LogP contribution in [0.5, 0.6) is 0 Å². The van der Waals surface area contributed by atoms with E-state index in [1.165, 1.54) is 0 Å². The number of aromatic nitrogens is 1. The van der Waals surface area contributed by atoms with Gasteiger partial charge in [0.15, 0.2) is 0 Å². The van der Waals surface area contributed by atoms with E-state index in [2.05, 4.69) is 24.1 Å². The maximum absolute atomic E-state index is 9.05. The molecule has 0 spiro atoms. The summed E-state index contributed by atoms with van der Waals surface area (Å²) in [6.45, 7) is 5.12. The van der Waals surface area contributed by atoms with E-state index >= 15 is 0 Å². The van der Waals surface area contributed by atoms with Gasteiger partial charge in [-0.3, -0.25) is 0 Å². The molecule has 0 amide bonds. The van der Waals surface area contributed by atoms with Gasteiger partial charge < -0.3 is 10.4 Å². The fourth-order valence-electron chi connectivity index (χ4n) is 1.07. The first-order valence-electron chi connectivity index (χ1n) is 4.46. The molecular weight excluding hydrogens is 184 g/mol. The Balaban J connectivity index is 2.32. The smallest absolute Gasteiger partial charge is 0.106 e. The zero-order chi connectivity index (χ0) is 9.68. The Labute approximate surface area is 82.8 Å². The lowest BCUT2D eigenvalue weighted by Gasteiger charge is -2.18. The molecule has 0 saturated heterocycles. The van der Waals surface area contributed by atoms with E-state index in [-0.39, 0.29) is 12.6 Å².